The molecule has 5 heteroatoms. The number of aryl methyl sites for hydroxylation is 1. The molecule has 2 atom stereocenters. The largest absolute Gasteiger partial charge is 0.481 e. The zero-order valence-corrected chi connectivity index (χ0v) is 12.5. The second-order valence-corrected chi connectivity index (χ2v) is 6.24. The highest BCUT2D eigenvalue weighted by molar-refractivity contribution is 7.12. The van der Waals surface area contributed by atoms with Crippen LogP contribution >= 0.6 is 11.3 Å². The van der Waals surface area contributed by atoms with Crippen molar-refractivity contribution in [2.24, 2.45) is 11.8 Å². The van der Waals surface area contributed by atoms with Crippen LogP contribution in [0.3, 0.4) is 0 Å². The van der Waals surface area contributed by atoms with E-state index in [2.05, 4.69) is 5.32 Å². The molecule has 1 aliphatic carbocycles. The fourth-order valence-corrected chi connectivity index (χ4v) is 3.81. The van der Waals surface area contributed by atoms with Gasteiger partial charge in [-0.3, -0.25) is 9.59 Å². The molecule has 1 heterocycles. The van der Waals surface area contributed by atoms with Crippen molar-refractivity contribution in [2.75, 3.05) is 6.54 Å². The summed E-state index contributed by atoms with van der Waals surface area (Å²) in [6.07, 6.45) is 4.50. The van der Waals surface area contributed by atoms with Gasteiger partial charge in [-0.05, 0) is 42.2 Å². The highest BCUT2D eigenvalue weighted by Gasteiger charge is 2.31. The molecule has 2 rings (SSSR count). The van der Waals surface area contributed by atoms with E-state index < -0.39 is 5.97 Å². The maximum absolute atomic E-state index is 12.2. The fourth-order valence-electron chi connectivity index (χ4n) is 2.89. The zero-order chi connectivity index (χ0) is 14.5. The number of nitrogens with one attached hydrogen (secondary N) is 1. The summed E-state index contributed by atoms with van der Waals surface area (Å²) < 4.78 is 0. The Bertz CT molecular complexity index is 483. The number of thiophene rings is 1. The van der Waals surface area contributed by atoms with Crippen molar-refractivity contribution in [1.82, 2.24) is 5.32 Å². The molecule has 1 saturated carbocycles. The minimum atomic E-state index is -0.727. The molecule has 2 unspecified atom stereocenters. The van der Waals surface area contributed by atoms with Crippen LogP contribution in [-0.2, 0) is 11.2 Å². The number of carbonyl (C=O) groups is 2. The van der Waals surface area contributed by atoms with Crippen LogP contribution in [0.25, 0.3) is 0 Å². The van der Waals surface area contributed by atoms with Crippen LogP contribution in [0.15, 0.2) is 11.4 Å². The van der Waals surface area contributed by atoms with Gasteiger partial charge in [0.1, 0.15) is 0 Å². The van der Waals surface area contributed by atoms with E-state index in [9.17, 15) is 14.7 Å². The lowest BCUT2D eigenvalue weighted by atomic mass is 9.79. The van der Waals surface area contributed by atoms with Gasteiger partial charge in [0.25, 0.3) is 5.91 Å². The SMILES string of the molecule is CCc1ccsc1C(=O)NCC1CCCCC1C(=O)O. The highest BCUT2D eigenvalue weighted by atomic mass is 32.1. The lowest BCUT2D eigenvalue weighted by molar-refractivity contribution is -0.144. The van der Waals surface area contributed by atoms with Gasteiger partial charge in [-0.1, -0.05) is 19.8 Å². The van der Waals surface area contributed by atoms with Crippen molar-refractivity contribution in [3.05, 3.63) is 21.9 Å². The molecule has 0 bridgehead atoms. The topological polar surface area (TPSA) is 66.4 Å². The van der Waals surface area contributed by atoms with Crippen LogP contribution in [0.5, 0.6) is 0 Å². The summed E-state index contributed by atoms with van der Waals surface area (Å²) in [4.78, 5) is 24.1. The number of carbonyl (C=O) groups excluding carboxylic acids is 1. The highest BCUT2D eigenvalue weighted by Crippen LogP contribution is 2.30. The summed E-state index contributed by atoms with van der Waals surface area (Å²) in [6, 6.07) is 1.97. The third-order valence-electron chi connectivity index (χ3n) is 4.08. The summed E-state index contributed by atoms with van der Waals surface area (Å²) in [5, 5.41) is 14.1. The Hall–Kier alpha value is -1.36. The summed E-state index contributed by atoms with van der Waals surface area (Å²) in [6.45, 7) is 2.50. The second-order valence-electron chi connectivity index (χ2n) is 5.33. The van der Waals surface area contributed by atoms with Crippen molar-refractivity contribution in [1.29, 1.82) is 0 Å². The number of hydrogen-bond acceptors (Lipinski definition) is 3. The molecule has 110 valence electrons. The van der Waals surface area contributed by atoms with E-state index in [1.165, 1.54) is 11.3 Å². The fraction of sp³-hybridized carbons (Fsp3) is 0.600. The van der Waals surface area contributed by atoms with Crippen molar-refractivity contribution < 1.29 is 14.7 Å². The van der Waals surface area contributed by atoms with E-state index >= 15 is 0 Å². The number of carboxylic acids is 1. The molecular weight excluding hydrogens is 274 g/mol. The molecule has 0 aromatic carbocycles. The molecule has 1 fully saturated rings. The third kappa shape index (κ3) is 3.39. The van der Waals surface area contributed by atoms with E-state index in [1.807, 2.05) is 18.4 Å². The van der Waals surface area contributed by atoms with Gasteiger partial charge >= 0.3 is 5.97 Å². The van der Waals surface area contributed by atoms with Gasteiger partial charge in [-0.15, -0.1) is 11.3 Å². The molecule has 1 aromatic rings. The van der Waals surface area contributed by atoms with E-state index in [4.69, 9.17) is 0 Å². The van der Waals surface area contributed by atoms with E-state index in [1.54, 1.807) is 0 Å². The van der Waals surface area contributed by atoms with Gasteiger partial charge < -0.3 is 10.4 Å². The van der Waals surface area contributed by atoms with E-state index in [0.717, 1.165) is 42.5 Å². The standard InChI is InChI=1S/C15H21NO3S/c1-2-10-7-8-20-13(10)14(17)16-9-11-5-3-4-6-12(11)15(18)19/h7-8,11-12H,2-6,9H2,1H3,(H,16,17)(H,18,19). The molecule has 1 aromatic heterocycles. The summed E-state index contributed by atoms with van der Waals surface area (Å²) in [5.41, 5.74) is 1.06. The Morgan fingerprint density at radius 3 is 2.85 bits per heavy atom. The molecule has 0 radical (unpaired) electrons. The number of amides is 1. The van der Waals surface area contributed by atoms with Gasteiger partial charge in [0, 0.05) is 6.54 Å². The molecular formula is C15H21NO3S. The van der Waals surface area contributed by atoms with Crippen LogP contribution in [-0.4, -0.2) is 23.5 Å². The van der Waals surface area contributed by atoms with Crippen LogP contribution in [0.1, 0.15) is 47.8 Å². The first-order valence-electron chi connectivity index (χ1n) is 7.20. The maximum Gasteiger partial charge on any atom is 0.306 e. The summed E-state index contributed by atoms with van der Waals surface area (Å²) >= 11 is 1.45. The quantitative estimate of drug-likeness (QED) is 0.877. The average molecular weight is 295 g/mol. The zero-order valence-electron chi connectivity index (χ0n) is 11.7. The van der Waals surface area contributed by atoms with Crippen LogP contribution in [0.2, 0.25) is 0 Å². The normalized spacial score (nSPS) is 22.4. The van der Waals surface area contributed by atoms with Crippen LogP contribution in [0, 0.1) is 11.8 Å². The van der Waals surface area contributed by atoms with Crippen LogP contribution < -0.4 is 5.32 Å². The predicted molar refractivity (Wildman–Crippen MR) is 79.1 cm³/mol. The first-order chi connectivity index (χ1) is 9.63. The van der Waals surface area contributed by atoms with Crippen molar-refractivity contribution in [3.63, 3.8) is 0 Å². The summed E-state index contributed by atoms with van der Waals surface area (Å²) in [5.74, 6) is -1.03. The second kappa shape index (κ2) is 6.88. The molecule has 0 saturated heterocycles. The summed E-state index contributed by atoms with van der Waals surface area (Å²) in [7, 11) is 0. The van der Waals surface area contributed by atoms with Crippen LogP contribution in [0.4, 0.5) is 0 Å². The van der Waals surface area contributed by atoms with E-state index in [0.29, 0.717) is 6.54 Å². The first-order valence-corrected chi connectivity index (χ1v) is 8.08. The number of hydrogen-bond donors (Lipinski definition) is 2. The van der Waals surface area contributed by atoms with Gasteiger partial charge in [-0.2, -0.15) is 0 Å². The molecule has 0 spiro atoms. The smallest absolute Gasteiger partial charge is 0.306 e. The first kappa shape index (κ1) is 15.0. The Kier molecular flexibility index (Phi) is 5.17. The predicted octanol–water partition coefficient (Wildman–Crippen LogP) is 2.93. The Morgan fingerprint density at radius 2 is 2.15 bits per heavy atom. The van der Waals surface area contributed by atoms with Gasteiger partial charge in [0.15, 0.2) is 0 Å². The number of rotatable bonds is 5. The van der Waals surface area contributed by atoms with Gasteiger partial charge in [0.2, 0.25) is 0 Å². The molecule has 1 aliphatic rings. The van der Waals surface area contributed by atoms with Crippen molar-refractivity contribution in [3.8, 4) is 0 Å². The molecule has 0 aliphatic heterocycles. The number of carboxylic acid groups (broad SMARTS) is 1. The van der Waals surface area contributed by atoms with Crippen molar-refractivity contribution in [2.45, 2.75) is 39.0 Å². The minimum absolute atomic E-state index is 0.0634. The number of aliphatic carboxylic acids is 1. The molecule has 20 heavy (non-hydrogen) atoms. The molecule has 1 amide bonds. The monoisotopic (exact) mass is 295 g/mol. The third-order valence-corrected chi connectivity index (χ3v) is 5.04. The van der Waals surface area contributed by atoms with Crippen molar-refractivity contribution >= 4 is 23.2 Å². The Morgan fingerprint density at radius 1 is 1.40 bits per heavy atom. The van der Waals surface area contributed by atoms with Gasteiger partial charge in [0.05, 0.1) is 10.8 Å². The lowest BCUT2D eigenvalue weighted by Gasteiger charge is -2.28. The maximum atomic E-state index is 12.2. The van der Waals surface area contributed by atoms with Gasteiger partial charge in [-0.25, -0.2) is 0 Å². The van der Waals surface area contributed by atoms with E-state index in [-0.39, 0.29) is 17.7 Å². The molecule has 4 nitrogen and oxygen atoms in total. The average Bonchev–Trinajstić information content (AvgIpc) is 2.93. The Balaban J connectivity index is 1.93. The minimum Gasteiger partial charge on any atom is -0.481 e. The molecule has 2 N–H and O–H groups in total. The Labute approximate surface area is 123 Å². The lowest BCUT2D eigenvalue weighted by Crippen LogP contribution is -2.37.